The number of aliphatic imine (C=N–C) groups is 1. The Morgan fingerprint density at radius 1 is 1.27 bits per heavy atom. The molecule has 1 fully saturated rings. The topological polar surface area (TPSA) is 196 Å². The van der Waals surface area contributed by atoms with Crippen LogP contribution in [0.3, 0.4) is 0 Å². The highest BCUT2D eigenvalue weighted by Gasteiger charge is 2.75. The second-order valence-corrected chi connectivity index (χ2v) is 7.52. The van der Waals surface area contributed by atoms with Crippen LogP contribution in [0.15, 0.2) is 35.3 Å². The number of carbonyl (C=O) groups excluding carboxylic acids is 1. The molecular formula is C18H23N6O6+. The number of esters is 1. The van der Waals surface area contributed by atoms with Gasteiger partial charge in [-0.15, -0.1) is 0 Å². The molecule has 4 atom stereocenters. The number of guanidine groups is 2. The van der Waals surface area contributed by atoms with Crippen molar-refractivity contribution >= 4 is 23.9 Å². The number of aliphatic hydroxyl groups is 2. The van der Waals surface area contributed by atoms with Gasteiger partial charge in [-0.2, -0.15) is 0 Å². The molecule has 0 radical (unpaired) electrons. The van der Waals surface area contributed by atoms with E-state index in [0.29, 0.717) is 0 Å². The summed E-state index contributed by atoms with van der Waals surface area (Å²) in [5.41, 5.74) is 10.5. The van der Waals surface area contributed by atoms with Gasteiger partial charge in [0.15, 0.2) is 12.1 Å². The maximum Gasteiger partial charge on any atom is 0.346 e. The molecular weight excluding hydrogens is 396 g/mol. The number of carboxylic acid groups (broad SMARTS) is 1. The second kappa shape index (κ2) is 6.85. The second-order valence-electron chi connectivity index (χ2n) is 7.52. The average Bonchev–Trinajstić information content (AvgIpc) is 3.16. The molecule has 1 saturated heterocycles. The highest BCUT2D eigenvalue weighted by atomic mass is 16.6. The molecule has 0 aliphatic carbocycles. The van der Waals surface area contributed by atoms with E-state index >= 15 is 0 Å². The Balaban J connectivity index is 1.68. The third-order valence-corrected chi connectivity index (χ3v) is 5.74. The summed E-state index contributed by atoms with van der Waals surface area (Å²) in [5, 5.41) is 37.1. The quantitative estimate of drug-likeness (QED) is 0.147. The first-order valence-corrected chi connectivity index (χ1v) is 9.37. The SMILES string of the molecule is NC1=N[C@H]2C(CCC(=O)O)NC(N)=[N+]3C[C@H](OC(=O)c4ccccc4)C(O)(O)[C@]23N1. The molecule has 12 heteroatoms. The maximum absolute atomic E-state index is 12.5. The number of benzene rings is 1. The third kappa shape index (κ3) is 2.83. The van der Waals surface area contributed by atoms with Gasteiger partial charge in [-0.25, -0.2) is 14.4 Å². The molecule has 1 spiro atoms. The highest BCUT2D eigenvalue weighted by molar-refractivity contribution is 5.89. The van der Waals surface area contributed by atoms with Crippen LogP contribution in [-0.2, 0) is 9.53 Å². The zero-order valence-corrected chi connectivity index (χ0v) is 15.9. The molecule has 1 aromatic rings. The van der Waals surface area contributed by atoms with Gasteiger partial charge in [-0.1, -0.05) is 18.2 Å². The average molecular weight is 419 g/mol. The van der Waals surface area contributed by atoms with Crippen molar-refractivity contribution in [3.8, 4) is 0 Å². The lowest BCUT2D eigenvalue weighted by atomic mass is 9.84. The number of hydrogen-bond acceptors (Lipinski definition) is 10. The minimum absolute atomic E-state index is 0.0600. The molecule has 4 rings (SSSR count). The molecule has 3 aliphatic heterocycles. The van der Waals surface area contributed by atoms with Crippen molar-refractivity contribution in [2.24, 2.45) is 16.5 Å². The maximum atomic E-state index is 12.5. The standard InChI is InChI=1S/C18H22N6O6/c19-15-22-13-10(6-7-12(25)26)21-16(20)24-8-11(18(28,29)17(13,24)23-15)30-14(27)9-4-2-1-3-5-9/h1-5,10-11,13,28-29H,6-8H2,(H6,19,20,21,22,23,25,26)/p+1/t10?,11-,13-,17-/m0/s1. The van der Waals surface area contributed by atoms with Crippen molar-refractivity contribution in [1.82, 2.24) is 10.6 Å². The normalized spacial score (nSPS) is 31.1. The van der Waals surface area contributed by atoms with E-state index in [9.17, 15) is 19.8 Å². The van der Waals surface area contributed by atoms with E-state index in [1.54, 1.807) is 30.3 Å². The van der Waals surface area contributed by atoms with E-state index in [-0.39, 0.29) is 36.9 Å². The number of rotatable bonds is 5. The molecule has 30 heavy (non-hydrogen) atoms. The van der Waals surface area contributed by atoms with E-state index in [1.807, 2.05) is 0 Å². The van der Waals surface area contributed by atoms with Crippen LogP contribution < -0.4 is 22.1 Å². The molecule has 12 nitrogen and oxygen atoms in total. The monoisotopic (exact) mass is 419 g/mol. The number of hydrogen-bond donors (Lipinski definition) is 7. The Labute approximate surface area is 170 Å². The minimum atomic E-state index is -2.64. The third-order valence-electron chi connectivity index (χ3n) is 5.74. The Hall–Kier alpha value is -3.38. The number of nitrogens with two attached hydrogens (primary N) is 2. The zero-order valence-electron chi connectivity index (χ0n) is 15.9. The largest absolute Gasteiger partial charge is 0.481 e. The van der Waals surface area contributed by atoms with Gasteiger partial charge in [0.05, 0.1) is 5.56 Å². The van der Waals surface area contributed by atoms with Crippen molar-refractivity contribution in [3.05, 3.63) is 35.9 Å². The van der Waals surface area contributed by atoms with Gasteiger partial charge >= 0.3 is 17.9 Å². The summed E-state index contributed by atoms with van der Waals surface area (Å²) in [6.07, 6.45) is -1.47. The summed E-state index contributed by atoms with van der Waals surface area (Å²) in [6.45, 7) is -0.150. The number of nitrogens with zero attached hydrogens (tertiary/aromatic N) is 2. The Morgan fingerprint density at radius 3 is 2.63 bits per heavy atom. The minimum Gasteiger partial charge on any atom is -0.481 e. The molecule has 0 amide bonds. The first-order chi connectivity index (χ1) is 14.2. The van der Waals surface area contributed by atoms with Crippen molar-refractivity contribution in [3.63, 3.8) is 0 Å². The first-order valence-electron chi connectivity index (χ1n) is 9.37. The molecule has 0 saturated carbocycles. The molecule has 3 heterocycles. The smallest absolute Gasteiger partial charge is 0.346 e. The number of nitrogens with one attached hydrogen (secondary N) is 2. The number of carbonyl (C=O) groups is 2. The van der Waals surface area contributed by atoms with Crippen LogP contribution in [-0.4, -0.2) is 79.9 Å². The van der Waals surface area contributed by atoms with Gasteiger partial charge in [-0.05, 0) is 18.6 Å². The molecule has 0 bridgehead atoms. The van der Waals surface area contributed by atoms with Gasteiger partial charge in [-0.3, -0.25) is 15.8 Å². The van der Waals surface area contributed by atoms with Gasteiger partial charge in [0.1, 0.15) is 18.6 Å². The molecule has 0 aromatic heterocycles. The van der Waals surface area contributed by atoms with Gasteiger partial charge in [0.2, 0.25) is 5.66 Å². The Kier molecular flexibility index (Phi) is 4.55. The van der Waals surface area contributed by atoms with Crippen LogP contribution in [0.2, 0.25) is 0 Å². The summed E-state index contributed by atoms with van der Waals surface area (Å²) < 4.78 is 6.83. The molecule has 160 valence electrons. The van der Waals surface area contributed by atoms with Gasteiger partial charge in [0, 0.05) is 6.42 Å². The predicted molar refractivity (Wildman–Crippen MR) is 102 cm³/mol. The van der Waals surface area contributed by atoms with E-state index in [4.69, 9.17) is 21.3 Å². The Morgan fingerprint density at radius 2 is 1.97 bits per heavy atom. The predicted octanol–water partition coefficient (Wildman–Crippen LogP) is -2.95. The summed E-state index contributed by atoms with van der Waals surface area (Å²) in [6, 6.07) is 6.59. The van der Waals surface area contributed by atoms with Crippen LogP contribution in [0.4, 0.5) is 0 Å². The fourth-order valence-corrected chi connectivity index (χ4v) is 4.38. The summed E-state index contributed by atoms with van der Waals surface area (Å²) in [4.78, 5) is 27.8. The fraction of sp³-hybridized carbons (Fsp3) is 0.444. The van der Waals surface area contributed by atoms with Gasteiger partial charge in [0.25, 0.3) is 5.79 Å². The van der Waals surface area contributed by atoms with Crippen molar-refractivity contribution in [1.29, 1.82) is 0 Å². The fourth-order valence-electron chi connectivity index (χ4n) is 4.38. The summed E-state index contributed by atoms with van der Waals surface area (Å²) in [5.74, 6) is -4.40. The van der Waals surface area contributed by atoms with Crippen molar-refractivity contribution in [2.45, 2.75) is 42.5 Å². The van der Waals surface area contributed by atoms with Crippen LogP contribution in [0, 0.1) is 0 Å². The highest BCUT2D eigenvalue weighted by Crippen LogP contribution is 2.43. The lowest BCUT2D eigenvalue weighted by Gasteiger charge is -2.43. The van der Waals surface area contributed by atoms with E-state index in [0.717, 1.165) is 0 Å². The molecule has 9 N–H and O–H groups in total. The van der Waals surface area contributed by atoms with Crippen LogP contribution in [0.1, 0.15) is 23.2 Å². The number of carboxylic acids is 1. The van der Waals surface area contributed by atoms with Crippen LogP contribution >= 0.6 is 0 Å². The summed E-state index contributed by atoms with van der Waals surface area (Å²) in [7, 11) is 0. The lowest BCUT2D eigenvalue weighted by molar-refractivity contribution is -0.623. The molecule has 3 aliphatic rings. The number of ether oxygens (including phenoxy) is 1. The lowest BCUT2D eigenvalue weighted by Crippen LogP contribution is -2.78. The van der Waals surface area contributed by atoms with E-state index < -0.39 is 41.6 Å². The van der Waals surface area contributed by atoms with Crippen LogP contribution in [0.5, 0.6) is 0 Å². The zero-order chi connectivity index (χ0) is 21.7. The molecule has 1 aromatic carbocycles. The van der Waals surface area contributed by atoms with Crippen LogP contribution in [0.25, 0.3) is 0 Å². The Bertz CT molecular complexity index is 948. The van der Waals surface area contributed by atoms with Crippen molar-refractivity contribution < 1.29 is 34.2 Å². The first kappa shape index (κ1) is 19.9. The number of aliphatic carboxylic acids is 1. The van der Waals surface area contributed by atoms with E-state index in [2.05, 4.69) is 15.6 Å². The van der Waals surface area contributed by atoms with Crippen molar-refractivity contribution in [2.75, 3.05) is 6.54 Å². The summed E-state index contributed by atoms with van der Waals surface area (Å²) >= 11 is 0. The van der Waals surface area contributed by atoms with E-state index in [1.165, 1.54) is 4.58 Å². The molecule has 1 unspecified atom stereocenters. The van der Waals surface area contributed by atoms with Gasteiger partial charge < -0.3 is 31.1 Å².